The van der Waals surface area contributed by atoms with Crippen molar-refractivity contribution in [3.05, 3.63) is 58.2 Å². The molecule has 1 fully saturated rings. The third kappa shape index (κ3) is 4.32. The highest BCUT2D eigenvalue weighted by atomic mass is 35.5. The molecule has 0 unspecified atom stereocenters. The number of rotatable bonds is 5. The second kappa shape index (κ2) is 8.57. The fourth-order valence-corrected chi connectivity index (χ4v) is 3.95. The Morgan fingerprint density at radius 3 is 2.79 bits per heavy atom. The zero-order chi connectivity index (χ0) is 20.4. The average molecular weight is 435 g/mol. The maximum absolute atomic E-state index is 13.7. The molecular weight excluding hydrogens is 414 g/mol. The molecule has 0 atom stereocenters. The molecule has 1 aliphatic heterocycles. The van der Waals surface area contributed by atoms with Gasteiger partial charge in [0.05, 0.1) is 22.9 Å². The number of benzene rings is 1. The summed E-state index contributed by atoms with van der Waals surface area (Å²) in [5.41, 5.74) is 8.95. The number of halogens is 3. The number of aromatic nitrogens is 3. The van der Waals surface area contributed by atoms with Crippen molar-refractivity contribution in [3.8, 4) is 11.1 Å². The van der Waals surface area contributed by atoms with Gasteiger partial charge in [-0.25, -0.2) is 9.37 Å². The topological polar surface area (TPSA) is 80.8 Å². The minimum Gasteiger partial charge on any atom is -0.382 e. The van der Waals surface area contributed by atoms with Crippen LogP contribution in [-0.4, -0.2) is 27.9 Å². The Labute approximate surface area is 178 Å². The molecule has 0 bridgehead atoms. The van der Waals surface area contributed by atoms with Crippen molar-refractivity contribution in [2.75, 3.05) is 24.1 Å². The Morgan fingerprint density at radius 1 is 1.21 bits per heavy atom. The molecule has 1 saturated heterocycles. The Morgan fingerprint density at radius 2 is 2.00 bits per heavy atom. The van der Waals surface area contributed by atoms with Crippen molar-refractivity contribution in [3.63, 3.8) is 0 Å². The maximum atomic E-state index is 13.7. The molecule has 3 heterocycles. The summed E-state index contributed by atoms with van der Waals surface area (Å²) in [5, 5.41) is 11.4. The zero-order valence-electron chi connectivity index (χ0n) is 15.6. The third-order valence-electron chi connectivity index (χ3n) is 5.13. The van der Waals surface area contributed by atoms with Crippen molar-refractivity contribution in [1.29, 1.82) is 0 Å². The van der Waals surface area contributed by atoms with Crippen LogP contribution in [-0.2, 0) is 6.54 Å². The summed E-state index contributed by atoms with van der Waals surface area (Å²) < 4.78 is 15.8. The molecule has 9 heteroatoms. The summed E-state index contributed by atoms with van der Waals surface area (Å²) >= 11 is 12.2. The highest BCUT2D eigenvalue weighted by Gasteiger charge is 2.17. The van der Waals surface area contributed by atoms with Crippen molar-refractivity contribution in [1.82, 2.24) is 20.1 Å². The SMILES string of the molecule is Nc1ncc(-c2cnn(C3CCNCC3)c2)cc1NCc1c(Cl)ccc(F)c1Cl. The number of nitrogen functional groups attached to an aromatic ring is 1. The number of anilines is 2. The van der Waals surface area contributed by atoms with Crippen LogP contribution >= 0.6 is 23.2 Å². The Kier molecular flexibility index (Phi) is 5.89. The molecular formula is C20H21Cl2FN6. The fourth-order valence-electron chi connectivity index (χ4n) is 3.45. The minimum absolute atomic E-state index is 0.00377. The molecule has 0 radical (unpaired) electrons. The van der Waals surface area contributed by atoms with Crippen molar-refractivity contribution >= 4 is 34.7 Å². The Balaban J connectivity index is 1.54. The van der Waals surface area contributed by atoms with Gasteiger partial charge in [-0.3, -0.25) is 4.68 Å². The summed E-state index contributed by atoms with van der Waals surface area (Å²) in [4.78, 5) is 4.28. The van der Waals surface area contributed by atoms with Gasteiger partial charge in [0.25, 0.3) is 0 Å². The summed E-state index contributed by atoms with van der Waals surface area (Å²) in [7, 11) is 0. The highest BCUT2D eigenvalue weighted by molar-refractivity contribution is 6.36. The summed E-state index contributed by atoms with van der Waals surface area (Å²) in [6.07, 6.45) is 7.70. The predicted octanol–water partition coefficient (Wildman–Crippen LogP) is 4.51. The molecule has 152 valence electrons. The van der Waals surface area contributed by atoms with E-state index in [1.165, 1.54) is 12.1 Å². The van der Waals surface area contributed by atoms with Gasteiger partial charge in [0, 0.05) is 40.7 Å². The van der Waals surface area contributed by atoms with Gasteiger partial charge in [-0.15, -0.1) is 0 Å². The molecule has 2 aromatic heterocycles. The van der Waals surface area contributed by atoms with Gasteiger partial charge in [-0.1, -0.05) is 23.2 Å². The van der Waals surface area contributed by atoms with Gasteiger partial charge in [0.1, 0.15) is 11.6 Å². The lowest BCUT2D eigenvalue weighted by atomic mass is 10.1. The number of hydrogen-bond donors (Lipinski definition) is 3. The maximum Gasteiger partial charge on any atom is 0.146 e. The molecule has 0 aliphatic carbocycles. The van der Waals surface area contributed by atoms with E-state index in [9.17, 15) is 4.39 Å². The summed E-state index contributed by atoms with van der Waals surface area (Å²) in [6.45, 7) is 2.23. The highest BCUT2D eigenvalue weighted by Crippen LogP contribution is 2.30. The first-order valence-corrected chi connectivity index (χ1v) is 10.2. The van der Waals surface area contributed by atoms with E-state index in [2.05, 4.69) is 20.7 Å². The number of nitrogens with two attached hydrogens (primary N) is 1. The first-order chi connectivity index (χ1) is 14.0. The van der Waals surface area contributed by atoms with Crippen LogP contribution in [0.2, 0.25) is 10.0 Å². The van der Waals surface area contributed by atoms with Crippen molar-refractivity contribution < 1.29 is 4.39 Å². The van der Waals surface area contributed by atoms with Gasteiger partial charge in [0.2, 0.25) is 0 Å². The molecule has 0 saturated carbocycles. The lowest BCUT2D eigenvalue weighted by molar-refractivity contribution is 0.343. The molecule has 1 aliphatic rings. The first kappa shape index (κ1) is 19.9. The van der Waals surface area contributed by atoms with E-state index in [4.69, 9.17) is 28.9 Å². The lowest BCUT2D eigenvalue weighted by Crippen LogP contribution is -2.29. The van der Waals surface area contributed by atoms with E-state index in [0.717, 1.165) is 37.1 Å². The van der Waals surface area contributed by atoms with E-state index in [-0.39, 0.29) is 11.6 Å². The smallest absolute Gasteiger partial charge is 0.146 e. The number of hydrogen-bond acceptors (Lipinski definition) is 5. The van der Waals surface area contributed by atoms with Gasteiger partial charge >= 0.3 is 0 Å². The van der Waals surface area contributed by atoms with Crippen LogP contribution in [0.3, 0.4) is 0 Å². The van der Waals surface area contributed by atoms with Crippen LogP contribution in [0.25, 0.3) is 11.1 Å². The number of nitrogens with one attached hydrogen (secondary N) is 2. The molecule has 29 heavy (non-hydrogen) atoms. The molecule has 0 spiro atoms. The largest absolute Gasteiger partial charge is 0.382 e. The van der Waals surface area contributed by atoms with E-state index in [1.54, 1.807) is 6.20 Å². The van der Waals surface area contributed by atoms with Crippen LogP contribution in [0, 0.1) is 5.82 Å². The molecule has 6 nitrogen and oxygen atoms in total. The van der Waals surface area contributed by atoms with E-state index >= 15 is 0 Å². The first-order valence-electron chi connectivity index (χ1n) is 9.40. The number of piperidine rings is 1. The summed E-state index contributed by atoms with van der Waals surface area (Å²) in [5.74, 6) is -0.179. The van der Waals surface area contributed by atoms with Crippen molar-refractivity contribution in [2.24, 2.45) is 0 Å². The predicted molar refractivity (Wildman–Crippen MR) is 115 cm³/mol. The molecule has 1 aromatic carbocycles. The van der Waals surface area contributed by atoms with Crippen LogP contribution in [0.15, 0.2) is 36.8 Å². The molecule has 0 amide bonds. The fraction of sp³-hybridized carbons (Fsp3) is 0.300. The second-order valence-electron chi connectivity index (χ2n) is 7.02. The van der Waals surface area contributed by atoms with Gasteiger partial charge in [0.15, 0.2) is 0 Å². The average Bonchev–Trinajstić information content (AvgIpc) is 3.23. The molecule has 3 aromatic rings. The van der Waals surface area contributed by atoms with Gasteiger partial charge < -0.3 is 16.4 Å². The van der Waals surface area contributed by atoms with E-state index in [0.29, 0.717) is 28.1 Å². The quantitative estimate of drug-likeness (QED) is 0.514. The normalized spacial score (nSPS) is 14.9. The van der Waals surface area contributed by atoms with Crippen LogP contribution in [0.1, 0.15) is 24.4 Å². The van der Waals surface area contributed by atoms with Crippen LogP contribution in [0.5, 0.6) is 0 Å². The number of nitrogens with zero attached hydrogens (tertiary/aromatic N) is 3. The summed E-state index contributed by atoms with van der Waals surface area (Å²) in [6, 6.07) is 5.02. The van der Waals surface area contributed by atoms with Gasteiger partial charge in [-0.2, -0.15) is 5.10 Å². The molecule has 4 rings (SSSR count). The van der Waals surface area contributed by atoms with Crippen molar-refractivity contribution in [2.45, 2.75) is 25.4 Å². The minimum atomic E-state index is -0.516. The van der Waals surface area contributed by atoms with E-state index < -0.39 is 5.82 Å². The second-order valence-corrected chi connectivity index (χ2v) is 7.81. The van der Waals surface area contributed by atoms with E-state index in [1.807, 2.05) is 23.1 Å². The third-order valence-corrected chi connectivity index (χ3v) is 5.89. The zero-order valence-corrected chi connectivity index (χ0v) is 17.1. The van der Waals surface area contributed by atoms with Gasteiger partial charge in [-0.05, 0) is 44.1 Å². The lowest BCUT2D eigenvalue weighted by Gasteiger charge is -2.22. The number of pyridine rings is 1. The van der Waals surface area contributed by atoms with Crippen LogP contribution < -0.4 is 16.4 Å². The molecule has 4 N–H and O–H groups in total. The Hall–Kier alpha value is -2.35. The Bertz CT molecular complexity index is 1020. The monoisotopic (exact) mass is 434 g/mol. The van der Waals surface area contributed by atoms with Crippen LogP contribution in [0.4, 0.5) is 15.9 Å². The standard InChI is InChI=1S/C20H21Cl2FN6/c21-16-1-2-17(23)19(22)15(16)10-26-18-7-12(8-27-20(18)24)13-9-28-29(11-13)14-3-5-25-6-4-14/h1-2,7-9,11,14,25-26H,3-6,10H2,(H2,24,27).